The van der Waals surface area contributed by atoms with E-state index in [2.05, 4.69) is 25.9 Å². The number of aliphatic carboxylic acids is 1. The number of methoxy groups -OCH3 is 1. The second kappa shape index (κ2) is 11.8. The van der Waals surface area contributed by atoms with Crippen LogP contribution in [0.3, 0.4) is 0 Å². The Morgan fingerprint density at radius 2 is 1.88 bits per heavy atom. The lowest BCUT2D eigenvalue weighted by atomic mass is 10.0. The van der Waals surface area contributed by atoms with E-state index >= 15 is 0 Å². The summed E-state index contributed by atoms with van der Waals surface area (Å²) in [6.45, 7) is 4.38. The van der Waals surface area contributed by atoms with Gasteiger partial charge in [-0.15, -0.1) is 0 Å². The first kappa shape index (κ1) is 24.7. The molecule has 34 heavy (non-hydrogen) atoms. The Bertz CT molecular complexity index is 1140. The average molecular weight is 482 g/mol. The van der Waals surface area contributed by atoms with Gasteiger partial charge in [-0.2, -0.15) is 4.98 Å². The van der Waals surface area contributed by atoms with Crippen molar-refractivity contribution in [2.45, 2.75) is 26.3 Å². The number of nitrogens with zero attached hydrogens (tertiary/aromatic N) is 2. The van der Waals surface area contributed by atoms with E-state index in [4.69, 9.17) is 21.7 Å². The van der Waals surface area contributed by atoms with Crippen molar-refractivity contribution in [3.05, 3.63) is 65.9 Å². The van der Waals surface area contributed by atoms with Crippen LogP contribution in [0.25, 0.3) is 0 Å². The van der Waals surface area contributed by atoms with Gasteiger partial charge in [0.2, 0.25) is 5.95 Å². The summed E-state index contributed by atoms with van der Waals surface area (Å²) in [5.41, 5.74) is 2.30. The van der Waals surface area contributed by atoms with Crippen molar-refractivity contribution in [3.63, 3.8) is 0 Å². The molecule has 0 radical (unpaired) electrons. The number of ether oxygens (including phenoxy) is 2. The normalized spacial score (nSPS) is 11.3. The van der Waals surface area contributed by atoms with Crippen molar-refractivity contribution < 1.29 is 19.4 Å². The molecule has 0 bridgehead atoms. The number of benzene rings is 2. The van der Waals surface area contributed by atoms with Crippen LogP contribution in [0.4, 0.5) is 17.5 Å². The summed E-state index contributed by atoms with van der Waals surface area (Å²) in [6.07, 6.45) is -0.172. The van der Waals surface area contributed by atoms with E-state index in [9.17, 15) is 9.90 Å². The predicted octanol–water partition coefficient (Wildman–Crippen LogP) is 4.44. The Kier molecular flexibility index (Phi) is 8.58. The first-order valence-electron chi connectivity index (χ1n) is 10.6. The van der Waals surface area contributed by atoms with Gasteiger partial charge in [0.05, 0.1) is 26.2 Å². The van der Waals surface area contributed by atoms with Crippen LogP contribution in [-0.4, -0.2) is 39.9 Å². The first-order chi connectivity index (χ1) is 16.4. The van der Waals surface area contributed by atoms with Gasteiger partial charge in [-0.3, -0.25) is 4.79 Å². The molecule has 4 N–H and O–H groups in total. The SMILES string of the molecule is CCOc1ccc(Nc2cc(C)nc(NC(=S)N[C@H](CC(=O)O)c3cccc(OC)c3)n2)cc1. The van der Waals surface area contributed by atoms with Crippen LogP contribution in [-0.2, 0) is 4.79 Å². The van der Waals surface area contributed by atoms with Gasteiger partial charge in [0.15, 0.2) is 5.11 Å². The zero-order chi connectivity index (χ0) is 24.5. The van der Waals surface area contributed by atoms with Gasteiger partial charge in [0.25, 0.3) is 0 Å². The Morgan fingerprint density at radius 1 is 1.12 bits per heavy atom. The van der Waals surface area contributed by atoms with E-state index in [1.54, 1.807) is 25.3 Å². The predicted molar refractivity (Wildman–Crippen MR) is 135 cm³/mol. The van der Waals surface area contributed by atoms with Crippen molar-refractivity contribution >= 4 is 40.8 Å². The lowest BCUT2D eigenvalue weighted by Crippen LogP contribution is -2.34. The van der Waals surface area contributed by atoms with Crippen LogP contribution < -0.4 is 25.4 Å². The monoisotopic (exact) mass is 481 g/mol. The van der Waals surface area contributed by atoms with Crippen molar-refractivity contribution in [2.24, 2.45) is 0 Å². The molecule has 0 fully saturated rings. The highest BCUT2D eigenvalue weighted by Gasteiger charge is 2.18. The minimum absolute atomic E-state index is 0.172. The Morgan fingerprint density at radius 3 is 2.56 bits per heavy atom. The highest BCUT2D eigenvalue weighted by atomic mass is 32.1. The van der Waals surface area contributed by atoms with Gasteiger partial charge in [-0.05, 0) is 68.0 Å². The van der Waals surface area contributed by atoms with Gasteiger partial charge in [0.1, 0.15) is 17.3 Å². The largest absolute Gasteiger partial charge is 0.497 e. The Hall–Kier alpha value is -3.92. The fraction of sp³-hybridized carbons (Fsp3) is 0.250. The summed E-state index contributed by atoms with van der Waals surface area (Å²) in [5, 5.41) is 18.8. The van der Waals surface area contributed by atoms with Crippen molar-refractivity contribution in [1.29, 1.82) is 0 Å². The second-order valence-electron chi connectivity index (χ2n) is 7.33. The minimum Gasteiger partial charge on any atom is -0.497 e. The highest BCUT2D eigenvalue weighted by Crippen LogP contribution is 2.23. The number of carboxylic acid groups (broad SMARTS) is 1. The van der Waals surface area contributed by atoms with Crippen LogP contribution in [0.2, 0.25) is 0 Å². The van der Waals surface area contributed by atoms with Gasteiger partial charge in [-0.1, -0.05) is 12.1 Å². The van der Waals surface area contributed by atoms with Gasteiger partial charge < -0.3 is 30.5 Å². The lowest BCUT2D eigenvalue weighted by molar-refractivity contribution is -0.137. The number of carbonyl (C=O) groups is 1. The second-order valence-corrected chi connectivity index (χ2v) is 7.73. The van der Waals surface area contributed by atoms with Crippen LogP contribution in [0.15, 0.2) is 54.6 Å². The maximum atomic E-state index is 11.4. The first-order valence-corrected chi connectivity index (χ1v) is 11.1. The number of rotatable bonds is 10. The summed E-state index contributed by atoms with van der Waals surface area (Å²) >= 11 is 5.42. The standard InChI is InChI=1S/C24H27N5O4S/c1-4-33-18-10-8-17(9-11-18)26-21-12-15(2)25-23(28-21)29-24(34)27-20(14-22(30)31)16-6-5-7-19(13-16)32-3/h5-13,20H,4,14H2,1-3H3,(H,30,31)(H3,25,26,27,28,29,34)/t20-/m1/s1. The van der Waals surface area contributed by atoms with E-state index in [0.717, 1.165) is 22.7 Å². The fourth-order valence-corrected chi connectivity index (χ4v) is 3.45. The maximum Gasteiger partial charge on any atom is 0.305 e. The molecule has 0 amide bonds. The third kappa shape index (κ3) is 7.31. The van der Waals surface area contributed by atoms with Crippen LogP contribution in [0, 0.1) is 6.92 Å². The molecule has 3 aromatic rings. The molecule has 0 aliphatic heterocycles. The van der Waals surface area contributed by atoms with Crippen LogP contribution in [0.1, 0.15) is 30.6 Å². The van der Waals surface area contributed by atoms with Crippen molar-refractivity contribution in [2.75, 3.05) is 24.4 Å². The highest BCUT2D eigenvalue weighted by molar-refractivity contribution is 7.80. The zero-order valence-electron chi connectivity index (χ0n) is 19.2. The lowest BCUT2D eigenvalue weighted by Gasteiger charge is -2.20. The van der Waals surface area contributed by atoms with Gasteiger partial charge >= 0.3 is 5.97 Å². The molecule has 3 rings (SSSR count). The number of aromatic nitrogens is 2. The number of aryl methyl sites for hydroxylation is 1. The van der Waals surface area contributed by atoms with E-state index < -0.39 is 12.0 Å². The summed E-state index contributed by atoms with van der Waals surface area (Å²) < 4.78 is 10.7. The molecule has 9 nitrogen and oxygen atoms in total. The molecule has 10 heteroatoms. The Balaban J connectivity index is 1.71. The fourth-order valence-electron chi connectivity index (χ4n) is 3.22. The summed E-state index contributed by atoms with van der Waals surface area (Å²) in [7, 11) is 1.55. The molecule has 1 heterocycles. The molecule has 1 aromatic heterocycles. The van der Waals surface area contributed by atoms with Gasteiger partial charge in [-0.25, -0.2) is 4.98 Å². The molecular weight excluding hydrogens is 454 g/mol. The Labute approximate surface area is 203 Å². The third-order valence-electron chi connectivity index (χ3n) is 4.70. The number of hydrogen-bond donors (Lipinski definition) is 4. The molecule has 178 valence electrons. The topological polar surface area (TPSA) is 118 Å². The number of anilines is 3. The van der Waals surface area contributed by atoms with Crippen molar-refractivity contribution in [3.8, 4) is 11.5 Å². The molecular formula is C24H27N5O4S. The molecule has 1 atom stereocenters. The van der Waals surface area contributed by atoms with Crippen LogP contribution >= 0.6 is 12.2 Å². The molecule has 0 unspecified atom stereocenters. The van der Waals surface area contributed by atoms with E-state index in [0.29, 0.717) is 18.2 Å². The molecule has 0 saturated heterocycles. The van der Waals surface area contributed by atoms with Crippen molar-refractivity contribution in [1.82, 2.24) is 15.3 Å². The van der Waals surface area contributed by atoms with Gasteiger partial charge in [0, 0.05) is 17.4 Å². The maximum absolute atomic E-state index is 11.4. The molecule has 2 aromatic carbocycles. The summed E-state index contributed by atoms with van der Waals surface area (Å²) in [4.78, 5) is 20.3. The number of hydrogen-bond acceptors (Lipinski definition) is 7. The number of nitrogens with one attached hydrogen (secondary N) is 3. The molecule has 0 spiro atoms. The number of carboxylic acids is 1. The quantitative estimate of drug-likeness (QED) is 0.310. The zero-order valence-corrected chi connectivity index (χ0v) is 20.0. The third-order valence-corrected chi connectivity index (χ3v) is 4.92. The summed E-state index contributed by atoms with van der Waals surface area (Å²) in [5.74, 6) is 1.32. The minimum atomic E-state index is -0.961. The van der Waals surface area contributed by atoms with E-state index in [1.165, 1.54) is 0 Å². The summed E-state index contributed by atoms with van der Waals surface area (Å²) in [6, 6.07) is 15.9. The number of thiocarbonyl (C=S) groups is 1. The molecule has 0 saturated carbocycles. The molecule has 0 aliphatic rings. The van der Waals surface area contributed by atoms with E-state index in [1.807, 2.05) is 50.2 Å². The van der Waals surface area contributed by atoms with E-state index in [-0.39, 0.29) is 17.5 Å². The molecule has 0 aliphatic carbocycles. The average Bonchev–Trinajstić information content (AvgIpc) is 2.79. The van der Waals surface area contributed by atoms with Crippen LogP contribution in [0.5, 0.6) is 11.5 Å². The smallest absolute Gasteiger partial charge is 0.305 e.